The topological polar surface area (TPSA) is 25.8 Å². The molecule has 1 unspecified atom stereocenters. The number of rotatable bonds is 3. The van der Waals surface area contributed by atoms with Crippen LogP contribution in [0.25, 0.3) is 0 Å². The number of nitrogens with zero attached hydrogens (tertiary/aromatic N) is 2. The van der Waals surface area contributed by atoms with Crippen molar-refractivity contribution in [2.45, 2.75) is 11.2 Å². The van der Waals surface area contributed by atoms with Crippen LogP contribution in [-0.4, -0.2) is 9.97 Å². The van der Waals surface area contributed by atoms with Gasteiger partial charge in [-0.3, -0.25) is 0 Å². The van der Waals surface area contributed by atoms with Crippen LogP contribution in [0.15, 0.2) is 42.7 Å². The van der Waals surface area contributed by atoms with E-state index in [9.17, 15) is 0 Å². The molecule has 0 aliphatic rings. The van der Waals surface area contributed by atoms with E-state index >= 15 is 0 Å². The minimum Gasteiger partial charge on any atom is -0.240 e. The van der Waals surface area contributed by atoms with Crippen LogP contribution in [0, 0.1) is 0 Å². The van der Waals surface area contributed by atoms with Crippen LogP contribution in [0.5, 0.6) is 0 Å². The number of hydrogen-bond acceptors (Lipinski definition) is 2. The lowest BCUT2D eigenvalue weighted by atomic mass is 10.1. The number of aromatic nitrogens is 2. The molecule has 0 saturated carbocycles. The summed E-state index contributed by atoms with van der Waals surface area (Å²) < 4.78 is 0. The van der Waals surface area contributed by atoms with Gasteiger partial charge in [0.1, 0.15) is 5.82 Å². The van der Waals surface area contributed by atoms with Crippen LogP contribution in [0.1, 0.15) is 16.2 Å². The molecule has 0 spiro atoms. The van der Waals surface area contributed by atoms with Gasteiger partial charge in [-0.25, -0.2) is 9.97 Å². The second-order valence-corrected chi connectivity index (χ2v) is 4.88. The van der Waals surface area contributed by atoms with Crippen LogP contribution in [0.2, 0.25) is 5.02 Å². The summed E-state index contributed by atoms with van der Waals surface area (Å²) in [6.07, 6.45) is 4.26. The molecule has 2 rings (SSSR count). The van der Waals surface area contributed by atoms with Crippen LogP contribution in [-0.2, 0) is 6.42 Å². The molecule has 0 bridgehead atoms. The molecule has 1 aromatic carbocycles. The van der Waals surface area contributed by atoms with Gasteiger partial charge in [0.25, 0.3) is 0 Å². The fraction of sp³-hybridized carbons (Fsp3) is 0.167. The molecule has 0 amide bonds. The zero-order valence-electron chi connectivity index (χ0n) is 8.48. The first kappa shape index (κ1) is 11.6. The summed E-state index contributed by atoms with van der Waals surface area (Å²) in [5.74, 6) is 0.780. The van der Waals surface area contributed by atoms with Crippen molar-refractivity contribution in [3.8, 4) is 0 Å². The predicted molar refractivity (Wildman–Crippen MR) is 68.9 cm³/mol. The summed E-state index contributed by atoms with van der Waals surface area (Å²) in [6.45, 7) is 0. The molecule has 16 heavy (non-hydrogen) atoms. The monoisotopic (exact) mass is 296 g/mol. The van der Waals surface area contributed by atoms with Crippen LogP contribution in [0.3, 0.4) is 0 Å². The molecular weight excluding hydrogens is 288 g/mol. The van der Waals surface area contributed by atoms with Crippen molar-refractivity contribution >= 4 is 27.5 Å². The summed E-state index contributed by atoms with van der Waals surface area (Å²) in [4.78, 5) is 8.50. The van der Waals surface area contributed by atoms with Crippen LogP contribution in [0.4, 0.5) is 0 Å². The van der Waals surface area contributed by atoms with Gasteiger partial charge in [-0.05, 0) is 24.1 Å². The maximum absolute atomic E-state index is 6.09. The third kappa shape index (κ3) is 2.80. The molecule has 4 heteroatoms. The Hall–Kier alpha value is -0.930. The summed E-state index contributed by atoms with van der Waals surface area (Å²) in [7, 11) is 0. The van der Waals surface area contributed by atoms with Gasteiger partial charge in [0.05, 0.1) is 4.83 Å². The Morgan fingerprint density at radius 3 is 2.50 bits per heavy atom. The Bertz CT molecular complexity index is 462. The highest BCUT2D eigenvalue weighted by molar-refractivity contribution is 9.09. The predicted octanol–water partition coefficient (Wildman–Crippen LogP) is 3.81. The molecule has 82 valence electrons. The van der Waals surface area contributed by atoms with E-state index in [4.69, 9.17) is 11.6 Å². The Morgan fingerprint density at radius 2 is 1.81 bits per heavy atom. The second kappa shape index (κ2) is 5.41. The minimum atomic E-state index is 0.0913. The Morgan fingerprint density at radius 1 is 1.12 bits per heavy atom. The van der Waals surface area contributed by atoms with E-state index in [0.29, 0.717) is 0 Å². The quantitative estimate of drug-likeness (QED) is 0.805. The molecule has 0 saturated heterocycles. The molecule has 1 atom stereocenters. The molecule has 0 aliphatic heterocycles. The summed E-state index contributed by atoms with van der Waals surface area (Å²) in [6, 6.07) is 9.61. The van der Waals surface area contributed by atoms with Gasteiger partial charge in [0.2, 0.25) is 0 Å². The van der Waals surface area contributed by atoms with E-state index in [1.807, 2.05) is 24.3 Å². The molecule has 0 fully saturated rings. The average molecular weight is 298 g/mol. The second-order valence-electron chi connectivity index (χ2n) is 3.37. The van der Waals surface area contributed by atoms with Crippen LogP contribution < -0.4 is 0 Å². The van der Waals surface area contributed by atoms with Gasteiger partial charge >= 0.3 is 0 Å². The van der Waals surface area contributed by atoms with Crippen molar-refractivity contribution in [3.63, 3.8) is 0 Å². The van der Waals surface area contributed by atoms with Gasteiger partial charge < -0.3 is 0 Å². The number of benzene rings is 1. The van der Waals surface area contributed by atoms with Crippen molar-refractivity contribution in [3.05, 3.63) is 59.1 Å². The molecule has 2 aromatic rings. The number of alkyl halides is 1. The molecule has 2 nitrogen and oxygen atoms in total. The first-order chi connectivity index (χ1) is 7.77. The Kier molecular flexibility index (Phi) is 3.91. The van der Waals surface area contributed by atoms with Gasteiger partial charge in [-0.15, -0.1) is 0 Å². The van der Waals surface area contributed by atoms with Gasteiger partial charge in [0.15, 0.2) is 0 Å². The van der Waals surface area contributed by atoms with Crippen molar-refractivity contribution in [2.75, 3.05) is 0 Å². The lowest BCUT2D eigenvalue weighted by Gasteiger charge is -2.09. The molecular formula is C12H10BrClN2. The highest BCUT2D eigenvalue weighted by Crippen LogP contribution is 2.27. The summed E-state index contributed by atoms with van der Waals surface area (Å²) in [5.41, 5.74) is 1.10. The average Bonchev–Trinajstić information content (AvgIpc) is 2.33. The van der Waals surface area contributed by atoms with Crippen molar-refractivity contribution in [2.24, 2.45) is 0 Å². The highest BCUT2D eigenvalue weighted by Gasteiger charge is 2.12. The first-order valence-corrected chi connectivity index (χ1v) is 6.21. The van der Waals surface area contributed by atoms with E-state index in [1.165, 1.54) is 0 Å². The largest absolute Gasteiger partial charge is 0.240 e. The van der Waals surface area contributed by atoms with Gasteiger partial charge in [-0.2, -0.15) is 0 Å². The molecule has 1 aromatic heterocycles. The van der Waals surface area contributed by atoms with Crippen LogP contribution >= 0.6 is 27.5 Å². The third-order valence-electron chi connectivity index (χ3n) is 2.22. The molecule has 0 N–H and O–H groups in total. The standard InChI is InChI=1S/C12H10BrClN2/c13-10(12-15-6-3-7-16-12)8-9-4-1-2-5-11(9)14/h1-7,10H,8H2. The zero-order chi connectivity index (χ0) is 11.4. The zero-order valence-corrected chi connectivity index (χ0v) is 10.8. The first-order valence-electron chi connectivity index (χ1n) is 4.92. The minimum absolute atomic E-state index is 0.0913. The summed E-state index contributed by atoms with van der Waals surface area (Å²) >= 11 is 9.67. The number of hydrogen-bond donors (Lipinski definition) is 0. The Balaban J connectivity index is 2.14. The van der Waals surface area contributed by atoms with Crippen molar-refractivity contribution < 1.29 is 0 Å². The molecule has 0 radical (unpaired) electrons. The van der Waals surface area contributed by atoms with E-state index in [1.54, 1.807) is 18.5 Å². The maximum Gasteiger partial charge on any atom is 0.142 e. The highest BCUT2D eigenvalue weighted by atomic mass is 79.9. The third-order valence-corrected chi connectivity index (χ3v) is 3.32. The molecule has 1 heterocycles. The Labute approximate surface area is 108 Å². The smallest absolute Gasteiger partial charge is 0.142 e. The number of halogens is 2. The SMILES string of the molecule is Clc1ccccc1CC(Br)c1ncccn1. The fourth-order valence-corrected chi connectivity index (χ4v) is 2.22. The van der Waals surface area contributed by atoms with Gasteiger partial charge in [0, 0.05) is 17.4 Å². The maximum atomic E-state index is 6.09. The van der Waals surface area contributed by atoms with E-state index < -0.39 is 0 Å². The molecule has 0 aliphatic carbocycles. The van der Waals surface area contributed by atoms with Crippen molar-refractivity contribution in [1.82, 2.24) is 9.97 Å². The normalized spacial score (nSPS) is 12.4. The van der Waals surface area contributed by atoms with Gasteiger partial charge in [-0.1, -0.05) is 45.7 Å². The van der Waals surface area contributed by atoms with E-state index in [2.05, 4.69) is 25.9 Å². The van der Waals surface area contributed by atoms with Crippen molar-refractivity contribution in [1.29, 1.82) is 0 Å². The lowest BCUT2D eigenvalue weighted by molar-refractivity contribution is 0.849. The fourth-order valence-electron chi connectivity index (χ4n) is 1.42. The summed E-state index contributed by atoms with van der Waals surface area (Å²) in [5, 5.41) is 0.780. The van der Waals surface area contributed by atoms with E-state index in [-0.39, 0.29) is 4.83 Å². The van der Waals surface area contributed by atoms with E-state index in [0.717, 1.165) is 22.8 Å². The lowest BCUT2D eigenvalue weighted by Crippen LogP contribution is -2.00.